The summed E-state index contributed by atoms with van der Waals surface area (Å²) >= 11 is 0. The molecule has 0 saturated carbocycles. The predicted octanol–water partition coefficient (Wildman–Crippen LogP) is 15.6. The van der Waals surface area contributed by atoms with Crippen molar-refractivity contribution in [3.05, 3.63) is 194 Å². The van der Waals surface area contributed by atoms with Crippen LogP contribution in [0.1, 0.15) is 104 Å². The van der Waals surface area contributed by atoms with Gasteiger partial charge < -0.3 is 26.5 Å². The van der Waals surface area contributed by atoms with E-state index in [-0.39, 0.29) is 50.2 Å². The van der Waals surface area contributed by atoms with E-state index in [9.17, 15) is 0 Å². The molecule has 1 aliphatic rings. The fourth-order valence-electron chi connectivity index (χ4n) is 8.72. The quantitative estimate of drug-likeness (QED) is 0.149. The Labute approximate surface area is 396 Å². The van der Waals surface area contributed by atoms with Crippen LogP contribution in [0.3, 0.4) is 0 Å². The van der Waals surface area contributed by atoms with Crippen LogP contribution in [-0.4, -0.2) is 9.55 Å². The van der Waals surface area contributed by atoms with E-state index in [4.69, 9.17) is 9.72 Å². The van der Waals surface area contributed by atoms with Gasteiger partial charge in [-0.15, -0.1) is 48.3 Å². The summed E-state index contributed by atoms with van der Waals surface area (Å²) in [4.78, 5) is 9.48. The van der Waals surface area contributed by atoms with Crippen molar-refractivity contribution in [3.63, 3.8) is 0 Å². The number of pyridine rings is 1. The molecule has 328 valence electrons. The van der Waals surface area contributed by atoms with Crippen LogP contribution >= 0.6 is 0 Å². The largest absolute Gasteiger partial charge is 4.00 e. The van der Waals surface area contributed by atoms with Gasteiger partial charge in [0.05, 0.1) is 0 Å². The number of para-hydroxylation sites is 1. The second-order valence-electron chi connectivity index (χ2n) is 20.4. The van der Waals surface area contributed by atoms with Crippen molar-refractivity contribution in [3.8, 4) is 17.3 Å². The van der Waals surface area contributed by atoms with Crippen LogP contribution in [-0.2, 0) is 42.7 Å². The SMILES string of the molecule is CC(C)(C)c1ccnc(-n2c3[c-]c(Oc4[c-]c(N5[CH-]N(c6cccc(C(C)(C)c7ccccc7)c6)c6ccc(C(C)(C)C)cc65)ccc4)cc(C(C)(C)C)c3c3ccccc32)c1.[CH3-].[Pt+4]. The maximum atomic E-state index is 6.86. The zero-order chi connectivity index (χ0) is 43.8. The van der Waals surface area contributed by atoms with Crippen molar-refractivity contribution in [2.75, 3.05) is 9.80 Å². The fourth-order valence-corrected chi connectivity index (χ4v) is 8.72. The van der Waals surface area contributed by atoms with E-state index in [0.717, 1.165) is 45.0 Å². The molecule has 0 saturated heterocycles. The summed E-state index contributed by atoms with van der Waals surface area (Å²) in [5.41, 5.74) is 12.0. The van der Waals surface area contributed by atoms with Crippen LogP contribution < -0.4 is 14.5 Å². The van der Waals surface area contributed by atoms with E-state index in [1.54, 1.807) is 0 Å². The maximum absolute atomic E-state index is 6.86. The summed E-state index contributed by atoms with van der Waals surface area (Å²) in [5.74, 6) is 2.11. The third kappa shape index (κ3) is 8.52. The Kier molecular flexibility index (Phi) is 12.4. The van der Waals surface area contributed by atoms with Crippen molar-refractivity contribution in [2.24, 2.45) is 0 Å². The topological polar surface area (TPSA) is 33.5 Å². The number of benzene rings is 6. The van der Waals surface area contributed by atoms with Gasteiger partial charge in [0.25, 0.3) is 0 Å². The van der Waals surface area contributed by atoms with Crippen LogP contribution in [0.4, 0.5) is 22.7 Å². The normalized spacial score (nSPS) is 13.2. The number of nitrogens with zero attached hydrogens (tertiary/aromatic N) is 4. The molecule has 64 heavy (non-hydrogen) atoms. The summed E-state index contributed by atoms with van der Waals surface area (Å²) in [6.45, 7) is 27.1. The smallest absolute Gasteiger partial charge is 0.509 e. The van der Waals surface area contributed by atoms with Crippen LogP contribution in [0, 0.1) is 26.2 Å². The number of anilines is 4. The summed E-state index contributed by atoms with van der Waals surface area (Å²) in [5, 5.41) is 2.33. The Morgan fingerprint density at radius 3 is 1.94 bits per heavy atom. The Balaban J connectivity index is 0.00000306. The standard InChI is InChI=1S/C57H57N4O.CH3.Pt/c1-54(2,3)39-27-28-49-50(32-39)60(37-59(49)42-22-17-21-41(31-42)57(10,11)38-19-13-12-14-20-38)43-23-18-24-44(34-43)62-45-35-47(56(7,8)9)53-46-25-15-16-26-48(46)61(51(53)36-45)52-33-40(29-30-58-52)55(4,5)6;;/h12-33,35,37H,1-11H3;1H3;/q-3;-1;+4. The minimum Gasteiger partial charge on any atom is -0.509 e. The molecule has 3 heterocycles. The molecule has 0 spiro atoms. The third-order valence-electron chi connectivity index (χ3n) is 12.5. The van der Waals surface area contributed by atoms with E-state index in [1.807, 2.05) is 12.3 Å². The molecular formula is C58H60N4OPt. The summed E-state index contributed by atoms with van der Waals surface area (Å²) < 4.78 is 9.11. The van der Waals surface area contributed by atoms with Gasteiger partial charge in [-0.1, -0.05) is 154 Å². The Hall–Kier alpha value is -5.64. The Morgan fingerprint density at radius 1 is 0.547 bits per heavy atom. The van der Waals surface area contributed by atoms with Gasteiger partial charge in [-0.25, -0.2) is 4.98 Å². The first-order chi connectivity index (χ1) is 29.4. The molecule has 5 nitrogen and oxygen atoms in total. The molecule has 6 aromatic carbocycles. The van der Waals surface area contributed by atoms with Crippen molar-refractivity contribution < 1.29 is 25.8 Å². The average Bonchev–Trinajstić information content (AvgIpc) is 3.79. The first kappa shape index (κ1) is 46.4. The van der Waals surface area contributed by atoms with Crippen molar-refractivity contribution in [1.82, 2.24) is 9.55 Å². The van der Waals surface area contributed by atoms with Gasteiger partial charge in [-0.3, -0.25) is 0 Å². The summed E-state index contributed by atoms with van der Waals surface area (Å²) in [7, 11) is 0. The zero-order valence-corrected chi connectivity index (χ0v) is 41.6. The van der Waals surface area contributed by atoms with Crippen molar-refractivity contribution in [2.45, 2.75) is 97.8 Å². The zero-order valence-electron chi connectivity index (χ0n) is 39.4. The number of ether oxygens (including phenoxy) is 1. The molecule has 0 fully saturated rings. The van der Waals surface area contributed by atoms with E-state index in [0.29, 0.717) is 11.5 Å². The molecule has 8 aromatic rings. The molecule has 0 amide bonds. The third-order valence-corrected chi connectivity index (χ3v) is 12.5. The monoisotopic (exact) mass is 1020 g/mol. The molecule has 0 bridgehead atoms. The van der Waals surface area contributed by atoms with Crippen molar-refractivity contribution in [1.29, 1.82) is 0 Å². The number of hydrogen-bond acceptors (Lipinski definition) is 4. The van der Waals surface area contributed by atoms with Gasteiger partial charge >= 0.3 is 21.1 Å². The number of hydrogen-bond donors (Lipinski definition) is 0. The minimum atomic E-state index is -0.192. The predicted molar refractivity (Wildman–Crippen MR) is 265 cm³/mol. The average molecular weight is 1020 g/mol. The van der Waals surface area contributed by atoms with Crippen LogP contribution in [0.5, 0.6) is 11.5 Å². The van der Waals surface area contributed by atoms with Gasteiger partial charge in [-0.2, -0.15) is 6.07 Å². The molecule has 0 atom stereocenters. The van der Waals surface area contributed by atoms with Gasteiger partial charge in [0.1, 0.15) is 5.82 Å². The number of fused-ring (bicyclic) bond motifs is 4. The van der Waals surface area contributed by atoms with Crippen LogP contribution in [0.2, 0.25) is 0 Å². The second-order valence-corrected chi connectivity index (χ2v) is 20.4. The molecule has 0 unspecified atom stereocenters. The van der Waals surface area contributed by atoms with Crippen LogP contribution in [0.15, 0.2) is 140 Å². The van der Waals surface area contributed by atoms with Gasteiger partial charge in [0.2, 0.25) is 0 Å². The molecule has 1 aliphatic heterocycles. The van der Waals surface area contributed by atoms with Gasteiger partial charge in [0, 0.05) is 45.7 Å². The molecular weight excluding hydrogens is 964 g/mol. The second kappa shape index (κ2) is 17.1. The van der Waals surface area contributed by atoms with E-state index in [2.05, 4.69) is 237 Å². The molecule has 9 rings (SSSR count). The molecule has 2 aromatic heterocycles. The molecule has 0 N–H and O–H groups in total. The number of aromatic nitrogens is 2. The van der Waals surface area contributed by atoms with E-state index in [1.165, 1.54) is 33.2 Å². The Morgan fingerprint density at radius 2 is 1.22 bits per heavy atom. The number of rotatable bonds is 7. The van der Waals surface area contributed by atoms with E-state index < -0.39 is 0 Å². The first-order valence-corrected chi connectivity index (χ1v) is 21.8. The molecule has 0 radical (unpaired) electrons. The van der Waals surface area contributed by atoms with Gasteiger partial charge in [-0.05, 0) is 86.3 Å². The fraction of sp³-hybridized carbons (Fsp3) is 0.259. The van der Waals surface area contributed by atoms with Gasteiger partial charge in [0.15, 0.2) is 0 Å². The van der Waals surface area contributed by atoms with Crippen LogP contribution in [0.25, 0.3) is 27.6 Å². The molecule has 0 aliphatic carbocycles. The maximum Gasteiger partial charge on any atom is 4.00 e. The Bertz CT molecular complexity index is 2960. The summed E-state index contributed by atoms with van der Waals surface area (Å²) in [6, 6.07) is 55.2. The van der Waals surface area contributed by atoms with E-state index >= 15 is 0 Å². The molecule has 6 heteroatoms. The minimum absolute atomic E-state index is 0. The summed E-state index contributed by atoms with van der Waals surface area (Å²) in [6.07, 6.45) is 1.92. The first-order valence-electron chi connectivity index (χ1n) is 21.8. The van der Waals surface area contributed by atoms with Crippen molar-refractivity contribution >= 4 is 44.6 Å².